The van der Waals surface area contributed by atoms with Crippen molar-refractivity contribution in [2.45, 2.75) is 37.1 Å². The van der Waals surface area contributed by atoms with Crippen molar-refractivity contribution in [2.24, 2.45) is 11.7 Å². The number of nitrogens with two attached hydrogens (primary N) is 1. The number of ether oxygens (including phenoxy) is 1. The Hall–Kier alpha value is -1.11. The van der Waals surface area contributed by atoms with E-state index in [2.05, 4.69) is 4.72 Å². The molecule has 0 amide bonds. The quantitative estimate of drug-likeness (QED) is 0.762. The third-order valence-electron chi connectivity index (χ3n) is 3.36. The Morgan fingerprint density at radius 2 is 2.00 bits per heavy atom. The van der Waals surface area contributed by atoms with Crippen molar-refractivity contribution in [1.29, 1.82) is 0 Å². The molecule has 20 heavy (non-hydrogen) atoms. The summed E-state index contributed by atoms with van der Waals surface area (Å²) in [4.78, 5) is 0.250. The van der Waals surface area contributed by atoms with Gasteiger partial charge in [-0.05, 0) is 49.4 Å². The summed E-state index contributed by atoms with van der Waals surface area (Å²) in [5.41, 5.74) is 5.63. The molecule has 1 saturated carbocycles. The van der Waals surface area contributed by atoms with Crippen LogP contribution >= 0.6 is 0 Å². The van der Waals surface area contributed by atoms with E-state index in [1.54, 1.807) is 24.3 Å². The van der Waals surface area contributed by atoms with Gasteiger partial charge in [0, 0.05) is 12.6 Å². The van der Waals surface area contributed by atoms with Gasteiger partial charge in [-0.3, -0.25) is 0 Å². The zero-order valence-corrected chi connectivity index (χ0v) is 12.5. The Morgan fingerprint density at radius 3 is 2.50 bits per heavy atom. The van der Waals surface area contributed by atoms with Crippen LogP contribution in [0.2, 0.25) is 0 Å². The minimum Gasteiger partial charge on any atom is -0.494 e. The van der Waals surface area contributed by atoms with E-state index in [0.717, 1.165) is 19.3 Å². The second-order valence-corrected chi connectivity index (χ2v) is 6.83. The molecule has 1 fully saturated rings. The molecule has 0 saturated heterocycles. The zero-order valence-electron chi connectivity index (χ0n) is 11.7. The van der Waals surface area contributed by atoms with E-state index in [-0.39, 0.29) is 10.9 Å². The van der Waals surface area contributed by atoms with Crippen molar-refractivity contribution >= 4 is 10.0 Å². The van der Waals surface area contributed by atoms with Gasteiger partial charge < -0.3 is 10.5 Å². The molecule has 1 aliphatic rings. The van der Waals surface area contributed by atoms with E-state index in [0.29, 0.717) is 24.8 Å². The van der Waals surface area contributed by atoms with E-state index in [1.807, 2.05) is 6.92 Å². The van der Waals surface area contributed by atoms with Crippen LogP contribution in [0.15, 0.2) is 29.2 Å². The first kappa shape index (κ1) is 15.3. The lowest BCUT2D eigenvalue weighted by atomic mass is 10.2. The summed E-state index contributed by atoms with van der Waals surface area (Å²) in [6.45, 7) is 2.98. The molecule has 112 valence electrons. The van der Waals surface area contributed by atoms with Crippen LogP contribution in [0.1, 0.15) is 26.2 Å². The molecule has 5 nitrogen and oxygen atoms in total. The van der Waals surface area contributed by atoms with Crippen LogP contribution in [0.3, 0.4) is 0 Å². The zero-order chi connectivity index (χ0) is 14.6. The van der Waals surface area contributed by atoms with Crippen molar-refractivity contribution in [2.75, 3.05) is 13.2 Å². The van der Waals surface area contributed by atoms with Gasteiger partial charge in [-0.25, -0.2) is 13.1 Å². The first-order valence-corrected chi connectivity index (χ1v) is 8.50. The largest absolute Gasteiger partial charge is 0.494 e. The van der Waals surface area contributed by atoms with Crippen molar-refractivity contribution in [3.63, 3.8) is 0 Å². The van der Waals surface area contributed by atoms with Crippen molar-refractivity contribution in [3.8, 4) is 5.75 Å². The fourth-order valence-electron chi connectivity index (χ4n) is 2.04. The predicted octanol–water partition coefficient (Wildman–Crippen LogP) is 1.49. The highest BCUT2D eigenvalue weighted by molar-refractivity contribution is 7.89. The molecule has 6 heteroatoms. The number of hydrogen-bond acceptors (Lipinski definition) is 4. The Balaban J connectivity index is 2.04. The Morgan fingerprint density at radius 1 is 1.35 bits per heavy atom. The molecule has 1 atom stereocenters. The molecular weight excluding hydrogens is 276 g/mol. The number of hydrogen-bond donors (Lipinski definition) is 2. The van der Waals surface area contributed by atoms with Gasteiger partial charge in [-0.1, -0.05) is 6.92 Å². The summed E-state index contributed by atoms with van der Waals surface area (Å²) in [5, 5.41) is 0. The average Bonchev–Trinajstić information content (AvgIpc) is 3.27. The van der Waals surface area contributed by atoms with Gasteiger partial charge in [-0.15, -0.1) is 0 Å². The van der Waals surface area contributed by atoms with Crippen LogP contribution in [0.25, 0.3) is 0 Å². The summed E-state index contributed by atoms with van der Waals surface area (Å²) < 4.78 is 32.6. The second kappa shape index (κ2) is 6.56. The van der Waals surface area contributed by atoms with Crippen molar-refractivity contribution in [3.05, 3.63) is 24.3 Å². The number of benzene rings is 1. The van der Waals surface area contributed by atoms with Crippen LogP contribution < -0.4 is 15.2 Å². The molecule has 0 aromatic heterocycles. The van der Waals surface area contributed by atoms with Crippen LogP contribution in [-0.4, -0.2) is 27.6 Å². The molecular formula is C14H22N2O3S. The van der Waals surface area contributed by atoms with Gasteiger partial charge in [0.05, 0.1) is 11.5 Å². The number of sulfonamides is 1. The highest BCUT2D eigenvalue weighted by Crippen LogP contribution is 2.32. The van der Waals surface area contributed by atoms with Gasteiger partial charge >= 0.3 is 0 Å². The Bertz CT molecular complexity index is 524. The van der Waals surface area contributed by atoms with Gasteiger partial charge in [0.2, 0.25) is 10.0 Å². The minimum absolute atomic E-state index is 0.156. The van der Waals surface area contributed by atoms with Gasteiger partial charge in [0.15, 0.2) is 0 Å². The topological polar surface area (TPSA) is 81.4 Å². The third kappa shape index (κ3) is 3.94. The van der Waals surface area contributed by atoms with E-state index < -0.39 is 10.0 Å². The second-order valence-electron chi connectivity index (χ2n) is 5.12. The lowest BCUT2D eigenvalue weighted by molar-refractivity contribution is 0.317. The van der Waals surface area contributed by atoms with Crippen LogP contribution in [0.4, 0.5) is 0 Å². The molecule has 0 heterocycles. The summed E-state index contributed by atoms with van der Waals surface area (Å²) in [6.07, 6.45) is 3.02. The van der Waals surface area contributed by atoms with Crippen LogP contribution in [0, 0.1) is 5.92 Å². The van der Waals surface area contributed by atoms with Crippen LogP contribution in [-0.2, 0) is 10.0 Å². The summed E-state index contributed by atoms with van der Waals surface area (Å²) in [6, 6.07) is 6.33. The molecule has 1 unspecified atom stereocenters. The molecule has 2 rings (SSSR count). The highest BCUT2D eigenvalue weighted by atomic mass is 32.2. The standard InChI is InChI=1S/C14H22N2O3S/c1-2-9-19-12-5-7-13(8-6-12)20(17,18)16-14(10-15)11-3-4-11/h5-8,11,14,16H,2-4,9-10,15H2,1H3. The first-order valence-electron chi connectivity index (χ1n) is 7.02. The summed E-state index contributed by atoms with van der Waals surface area (Å²) in [5.74, 6) is 1.07. The van der Waals surface area contributed by atoms with Gasteiger partial charge in [0.1, 0.15) is 5.75 Å². The number of nitrogens with one attached hydrogen (secondary N) is 1. The van der Waals surface area contributed by atoms with E-state index in [1.165, 1.54) is 0 Å². The maximum absolute atomic E-state index is 12.3. The fourth-order valence-corrected chi connectivity index (χ4v) is 3.36. The van der Waals surface area contributed by atoms with Crippen molar-refractivity contribution < 1.29 is 13.2 Å². The Labute approximate surface area is 120 Å². The molecule has 0 spiro atoms. The molecule has 1 aromatic carbocycles. The molecule has 3 N–H and O–H groups in total. The third-order valence-corrected chi connectivity index (χ3v) is 4.86. The smallest absolute Gasteiger partial charge is 0.240 e. The maximum Gasteiger partial charge on any atom is 0.240 e. The molecule has 0 radical (unpaired) electrons. The fraction of sp³-hybridized carbons (Fsp3) is 0.571. The van der Waals surface area contributed by atoms with E-state index in [4.69, 9.17) is 10.5 Å². The first-order chi connectivity index (χ1) is 9.56. The average molecular weight is 298 g/mol. The minimum atomic E-state index is -3.50. The monoisotopic (exact) mass is 298 g/mol. The molecule has 1 aromatic rings. The summed E-state index contributed by atoms with van der Waals surface area (Å²) >= 11 is 0. The van der Waals surface area contributed by atoms with E-state index in [9.17, 15) is 8.42 Å². The molecule has 0 bridgehead atoms. The van der Waals surface area contributed by atoms with Crippen molar-refractivity contribution in [1.82, 2.24) is 4.72 Å². The Kier molecular flexibility index (Phi) is 5.01. The van der Waals surface area contributed by atoms with E-state index >= 15 is 0 Å². The highest BCUT2D eigenvalue weighted by Gasteiger charge is 2.33. The lowest BCUT2D eigenvalue weighted by Gasteiger charge is -2.16. The SMILES string of the molecule is CCCOc1ccc(S(=O)(=O)NC(CN)C2CC2)cc1. The maximum atomic E-state index is 12.3. The van der Waals surface area contributed by atoms with Gasteiger partial charge in [-0.2, -0.15) is 0 Å². The molecule has 0 aliphatic heterocycles. The molecule has 1 aliphatic carbocycles. The number of rotatable bonds is 8. The predicted molar refractivity (Wildman–Crippen MR) is 78.1 cm³/mol. The lowest BCUT2D eigenvalue weighted by Crippen LogP contribution is -2.41. The summed E-state index contributed by atoms with van der Waals surface area (Å²) in [7, 11) is -3.50. The normalized spacial score (nSPS) is 16.9. The van der Waals surface area contributed by atoms with Gasteiger partial charge in [0.25, 0.3) is 0 Å². The van der Waals surface area contributed by atoms with Crippen LogP contribution in [0.5, 0.6) is 5.75 Å².